The van der Waals surface area contributed by atoms with Crippen molar-refractivity contribution in [1.82, 2.24) is 0 Å². The molecule has 102 valence electrons. The Hall–Kier alpha value is -0.530. The van der Waals surface area contributed by atoms with Crippen LogP contribution in [0.1, 0.15) is 72.1 Å². The quantitative estimate of drug-likeness (QED) is 0.414. The summed E-state index contributed by atoms with van der Waals surface area (Å²) in [6.45, 7) is 6.83. The average molecular weight is 242 g/mol. The van der Waals surface area contributed by atoms with E-state index < -0.39 is 0 Å². The minimum absolute atomic E-state index is 0.0754. The molecule has 0 aliphatic rings. The Labute approximate surface area is 107 Å². The summed E-state index contributed by atoms with van der Waals surface area (Å²) >= 11 is 0. The molecular formula is C15H30O2. The summed E-state index contributed by atoms with van der Waals surface area (Å²) in [4.78, 5) is 11.0. The predicted octanol–water partition coefficient (Wildman–Crippen LogP) is 4.57. The van der Waals surface area contributed by atoms with E-state index in [1.165, 1.54) is 45.6 Å². The summed E-state index contributed by atoms with van der Waals surface area (Å²) in [7, 11) is 1.46. The summed E-state index contributed by atoms with van der Waals surface area (Å²) in [5, 5.41) is 0. The number of rotatable bonds is 10. The molecule has 0 radical (unpaired) electrons. The highest BCUT2D eigenvalue weighted by Crippen LogP contribution is 2.17. The molecule has 0 aliphatic heterocycles. The van der Waals surface area contributed by atoms with Gasteiger partial charge in [0, 0.05) is 6.42 Å². The van der Waals surface area contributed by atoms with Gasteiger partial charge in [-0.25, -0.2) is 0 Å². The largest absolute Gasteiger partial charge is 0.469 e. The van der Waals surface area contributed by atoms with E-state index in [4.69, 9.17) is 0 Å². The lowest BCUT2D eigenvalue weighted by Crippen LogP contribution is -2.04. The molecule has 2 heteroatoms. The molecule has 0 heterocycles. The molecule has 17 heavy (non-hydrogen) atoms. The zero-order valence-corrected chi connectivity index (χ0v) is 12.1. The summed E-state index contributed by atoms with van der Waals surface area (Å²) in [6, 6.07) is 0. The maximum absolute atomic E-state index is 11.0. The second-order valence-electron chi connectivity index (χ2n) is 5.37. The molecule has 0 rings (SSSR count). The number of ether oxygens (including phenoxy) is 1. The highest BCUT2D eigenvalue weighted by Gasteiger charge is 2.06. The van der Waals surface area contributed by atoms with Gasteiger partial charge >= 0.3 is 5.97 Å². The summed E-state index contributed by atoms with van der Waals surface area (Å²) in [6.07, 6.45) is 9.47. The summed E-state index contributed by atoms with van der Waals surface area (Å²) in [5.41, 5.74) is 0. The van der Waals surface area contributed by atoms with Crippen LogP contribution in [0, 0.1) is 11.8 Å². The van der Waals surface area contributed by atoms with Crippen LogP contribution < -0.4 is 0 Å². The lowest BCUT2D eigenvalue weighted by atomic mass is 9.96. The van der Waals surface area contributed by atoms with Crippen LogP contribution in [0.4, 0.5) is 0 Å². The number of hydrogen-bond acceptors (Lipinski definition) is 2. The van der Waals surface area contributed by atoms with Crippen molar-refractivity contribution in [3.63, 3.8) is 0 Å². The van der Waals surface area contributed by atoms with E-state index >= 15 is 0 Å². The fourth-order valence-corrected chi connectivity index (χ4v) is 1.98. The number of methoxy groups -OCH3 is 1. The van der Waals surface area contributed by atoms with Gasteiger partial charge in [0.15, 0.2) is 0 Å². The van der Waals surface area contributed by atoms with E-state index in [9.17, 15) is 4.79 Å². The van der Waals surface area contributed by atoms with Crippen molar-refractivity contribution < 1.29 is 9.53 Å². The molecule has 0 saturated heterocycles. The number of hydrogen-bond donors (Lipinski definition) is 0. The first-order valence-corrected chi connectivity index (χ1v) is 7.16. The van der Waals surface area contributed by atoms with Crippen LogP contribution >= 0.6 is 0 Å². The lowest BCUT2D eigenvalue weighted by molar-refractivity contribution is -0.140. The first kappa shape index (κ1) is 16.5. The van der Waals surface area contributed by atoms with Gasteiger partial charge in [0.05, 0.1) is 7.11 Å². The van der Waals surface area contributed by atoms with E-state index in [1.807, 2.05) is 0 Å². The third-order valence-corrected chi connectivity index (χ3v) is 3.66. The minimum atomic E-state index is -0.0754. The molecule has 0 aromatic rings. The van der Waals surface area contributed by atoms with Gasteiger partial charge in [0.1, 0.15) is 0 Å². The van der Waals surface area contributed by atoms with E-state index in [0.717, 1.165) is 12.3 Å². The average Bonchev–Trinajstić information content (AvgIpc) is 2.34. The van der Waals surface area contributed by atoms with Crippen LogP contribution in [-0.4, -0.2) is 13.1 Å². The maximum atomic E-state index is 11.0. The van der Waals surface area contributed by atoms with Crippen molar-refractivity contribution in [2.45, 2.75) is 72.1 Å². The van der Waals surface area contributed by atoms with E-state index in [0.29, 0.717) is 12.3 Å². The second kappa shape index (κ2) is 10.6. The Bertz CT molecular complexity index is 189. The van der Waals surface area contributed by atoms with Crippen molar-refractivity contribution in [3.8, 4) is 0 Å². The molecular weight excluding hydrogens is 212 g/mol. The Morgan fingerprint density at radius 2 is 1.59 bits per heavy atom. The van der Waals surface area contributed by atoms with Crippen LogP contribution in [-0.2, 0) is 9.53 Å². The lowest BCUT2D eigenvalue weighted by Gasteiger charge is -2.11. The SMILES string of the molecule is CCC(C)CCCCCC(C)CCC(=O)OC. The Balaban J connectivity index is 3.33. The topological polar surface area (TPSA) is 26.3 Å². The van der Waals surface area contributed by atoms with E-state index in [-0.39, 0.29) is 5.97 Å². The molecule has 0 aromatic heterocycles. The number of esters is 1. The highest BCUT2D eigenvalue weighted by molar-refractivity contribution is 5.69. The zero-order valence-electron chi connectivity index (χ0n) is 12.1. The van der Waals surface area contributed by atoms with Gasteiger partial charge in [-0.05, 0) is 18.3 Å². The fourth-order valence-electron chi connectivity index (χ4n) is 1.98. The van der Waals surface area contributed by atoms with E-state index in [2.05, 4.69) is 25.5 Å². The van der Waals surface area contributed by atoms with Crippen molar-refractivity contribution in [2.24, 2.45) is 11.8 Å². The van der Waals surface area contributed by atoms with Crippen molar-refractivity contribution in [1.29, 1.82) is 0 Å². The molecule has 2 nitrogen and oxygen atoms in total. The third-order valence-electron chi connectivity index (χ3n) is 3.66. The van der Waals surface area contributed by atoms with Gasteiger partial charge in [0.2, 0.25) is 0 Å². The van der Waals surface area contributed by atoms with Gasteiger partial charge in [-0.3, -0.25) is 4.79 Å². The maximum Gasteiger partial charge on any atom is 0.305 e. The van der Waals surface area contributed by atoms with Gasteiger partial charge in [-0.1, -0.05) is 59.3 Å². The molecule has 0 amide bonds. The Morgan fingerprint density at radius 3 is 2.12 bits per heavy atom. The van der Waals surface area contributed by atoms with Crippen LogP contribution in [0.5, 0.6) is 0 Å². The van der Waals surface area contributed by atoms with Crippen molar-refractivity contribution in [2.75, 3.05) is 7.11 Å². The molecule has 0 saturated carbocycles. The first-order valence-electron chi connectivity index (χ1n) is 7.16. The number of unbranched alkanes of at least 4 members (excludes halogenated alkanes) is 2. The molecule has 0 N–H and O–H groups in total. The normalized spacial score (nSPS) is 14.4. The standard InChI is InChI=1S/C15H30O2/c1-5-13(2)9-7-6-8-10-14(3)11-12-15(16)17-4/h13-14H,5-12H2,1-4H3. The Kier molecular flexibility index (Phi) is 10.3. The molecule has 2 unspecified atom stereocenters. The smallest absolute Gasteiger partial charge is 0.305 e. The van der Waals surface area contributed by atoms with E-state index in [1.54, 1.807) is 0 Å². The fraction of sp³-hybridized carbons (Fsp3) is 0.933. The summed E-state index contributed by atoms with van der Waals surface area (Å²) < 4.78 is 4.64. The summed E-state index contributed by atoms with van der Waals surface area (Å²) in [5.74, 6) is 1.46. The molecule has 0 aromatic carbocycles. The van der Waals surface area contributed by atoms with Crippen molar-refractivity contribution >= 4 is 5.97 Å². The monoisotopic (exact) mass is 242 g/mol. The zero-order chi connectivity index (χ0) is 13.1. The molecule has 0 bridgehead atoms. The van der Waals surface area contributed by atoms with Gasteiger partial charge in [-0.2, -0.15) is 0 Å². The first-order chi connectivity index (χ1) is 8.10. The minimum Gasteiger partial charge on any atom is -0.469 e. The highest BCUT2D eigenvalue weighted by atomic mass is 16.5. The number of carbonyl (C=O) groups is 1. The van der Waals surface area contributed by atoms with Gasteiger partial charge in [0.25, 0.3) is 0 Å². The third kappa shape index (κ3) is 10.3. The molecule has 0 fully saturated rings. The molecule has 2 atom stereocenters. The van der Waals surface area contributed by atoms with Crippen LogP contribution in [0.3, 0.4) is 0 Å². The van der Waals surface area contributed by atoms with Crippen LogP contribution in [0.25, 0.3) is 0 Å². The number of carbonyl (C=O) groups excluding carboxylic acids is 1. The van der Waals surface area contributed by atoms with Crippen LogP contribution in [0.15, 0.2) is 0 Å². The molecule has 0 aliphatic carbocycles. The van der Waals surface area contributed by atoms with Crippen LogP contribution in [0.2, 0.25) is 0 Å². The van der Waals surface area contributed by atoms with Crippen molar-refractivity contribution in [3.05, 3.63) is 0 Å². The second-order valence-corrected chi connectivity index (χ2v) is 5.37. The molecule has 0 spiro atoms. The van der Waals surface area contributed by atoms with Gasteiger partial charge in [-0.15, -0.1) is 0 Å². The van der Waals surface area contributed by atoms with Gasteiger partial charge < -0.3 is 4.74 Å². The Morgan fingerprint density at radius 1 is 1.00 bits per heavy atom. The predicted molar refractivity (Wildman–Crippen MR) is 73.0 cm³/mol.